The quantitative estimate of drug-likeness (QED) is 0.779. The summed E-state index contributed by atoms with van der Waals surface area (Å²) >= 11 is 0. The van der Waals surface area contributed by atoms with E-state index < -0.39 is 0 Å². The standard InChI is InChI=1S/C15H25NO3/c17-14(13-3-9-18-10-4-13)15(5-1-2-6-15)16-7-11-19-12-8-16/h13H,1-12H2. The Labute approximate surface area is 115 Å². The Morgan fingerprint density at radius 3 is 2.16 bits per heavy atom. The van der Waals surface area contributed by atoms with E-state index in [1.807, 2.05) is 0 Å². The molecule has 0 atom stereocenters. The lowest BCUT2D eigenvalue weighted by Crippen LogP contribution is -2.58. The van der Waals surface area contributed by atoms with Gasteiger partial charge in [-0.15, -0.1) is 0 Å². The van der Waals surface area contributed by atoms with E-state index in [1.165, 1.54) is 12.8 Å². The van der Waals surface area contributed by atoms with Crippen molar-refractivity contribution in [3.8, 4) is 0 Å². The normalized spacial score (nSPS) is 29.5. The lowest BCUT2D eigenvalue weighted by molar-refractivity contribution is -0.141. The molecule has 108 valence electrons. The van der Waals surface area contributed by atoms with Crippen molar-refractivity contribution < 1.29 is 14.3 Å². The SMILES string of the molecule is O=C(C1CCOCC1)C1(N2CCOCC2)CCCC1. The van der Waals surface area contributed by atoms with Crippen LogP contribution in [0.15, 0.2) is 0 Å². The Hall–Kier alpha value is -0.450. The van der Waals surface area contributed by atoms with Crippen LogP contribution in [0.5, 0.6) is 0 Å². The molecule has 2 heterocycles. The number of Topliss-reactive ketones (excluding diaryl/α,β-unsaturated/α-hetero) is 1. The third-order valence-corrected chi connectivity index (χ3v) is 5.10. The van der Waals surface area contributed by atoms with Crippen LogP contribution in [0.25, 0.3) is 0 Å². The smallest absolute Gasteiger partial charge is 0.156 e. The topological polar surface area (TPSA) is 38.8 Å². The minimum Gasteiger partial charge on any atom is -0.381 e. The van der Waals surface area contributed by atoms with Crippen LogP contribution in [0.3, 0.4) is 0 Å². The molecule has 0 unspecified atom stereocenters. The summed E-state index contributed by atoms with van der Waals surface area (Å²) in [5, 5.41) is 0. The van der Waals surface area contributed by atoms with E-state index in [2.05, 4.69) is 4.90 Å². The summed E-state index contributed by atoms with van der Waals surface area (Å²) in [6.07, 6.45) is 6.36. The van der Waals surface area contributed by atoms with E-state index in [9.17, 15) is 4.79 Å². The highest BCUT2D eigenvalue weighted by Crippen LogP contribution is 2.40. The summed E-state index contributed by atoms with van der Waals surface area (Å²) in [5.74, 6) is 0.741. The summed E-state index contributed by atoms with van der Waals surface area (Å²) in [6, 6.07) is 0. The number of carbonyl (C=O) groups is 1. The fraction of sp³-hybridized carbons (Fsp3) is 0.933. The maximum absolute atomic E-state index is 13.1. The zero-order valence-electron chi connectivity index (χ0n) is 11.7. The average molecular weight is 267 g/mol. The number of ketones is 1. The van der Waals surface area contributed by atoms with Gasteiger partial charge >= 0.3 is 0 Å². The molecule has 0 aromatic rings. The second kappa shape index (κ2) is 5.90. The van der Waals surface area contributed by atoms with Crippen LogP contribution in [0, 0.1) is 5.92 Å². The number of carbonyl (C=O) groups excluding carboxylic acids is 1. The molecule has 4 heteroatoms. The maximum atomic E-state index is 13.1. The fourth-order valence-electron chi connectivity index (χ4n) is 4.01. The van der Waals surface area contributed by atoms with Crippen LogP contribution < -0.4 is 0 Å². The van der Waals surface area contributed by atoms with Gasteiger partial charge in [-0.2, -0.15) is 0 Å². The molecule has 4 nitrogen and oxygen atoms in total. The molecule has 0 N–H and O–H groups in total. The van der Waals surface area contributed by atoms with Crippen LogP contribution in [-0.2, 0) is 14.3 Å². The van der Waals surface area contributed by atoms with E-state index in [-0.39, 0.29) is 11.5 Å². The molecule has 0 aromatic heterocycles. The predicted molar refractivity (Wildman–Crippen MR) is 72.1 cm³/mol. The van der Waals surface area contributed by atoms with Crippen LogP contribution in [-0.4, -0.2) is 55.7 Å². The monoisotopic (exact) mass is 267 g/mol. The molecule has 3 aliphatic rings. The first-order valence-electron chi connectivity index (χ1n) is 7.78. The zero-order valence-corrected chi connectivity index (χ0v) is 11.7. The van der Waals surface area contributed by atoms with E-state index in [0.29, 0.717) is 5.78 Å². The van der Waals surface area contributed by atoms with Crippen molar-refractivity contribution in [2.75, 3.05) is 39.5 Å². The highest BCUT2D eigenvalue weighted by atomic mass is 16.5. The minimum absolute atomic E-state index is 0.161. The predicted octanol–water partition coefficient (Wildman–Crippen LogP) is 1.63. The molecule has 0 radical (unpaired) electrons. The number of morpholine rings is 1. The largest absolute Gasteiger partial charge is 0.381 e. The van der Waals surface area contributed by atoms with Gasteiger partial charge in [0.1, 0.15) is 0 Å². The summed E-state index contributed by atoms with van der Waals surface area (Å²) in [6.45, 7) is 4.93. The Morgan fingerprint density at radius 2 is 1.53 bits per heavy atom. The first kappa shape index (κ1) is 13.5. The number of rotatable bonds is 3. The van der Waals surface area contributed by atoms with Gasteiger partial charge in [-0.3, -0.25) is 9.69 Å². The Bertz CT molecular complexity index is 313. The Balaban J connectivity index is 1.76. The van der Waals surface area contributed by atoms with E-state index >= 15 is 0 Å². The minimum atomic E-state index is -0.161. The second-order valence-corrected chi connectivity index (χ2v) is 6.09. The zero-order chi connectivity index (χ0) is 13.1. The van der Waals surface area contributed by atoms with Gasteiger partial charge in [0.05, 0.1) is 18.8 Å². The summed E-state index contributed by atoms with van der Waals surface area (Å²) < 4.78 is 10.9. The molecular weight excluding hydrogens is 242 g/mol. The van der Waals surface area contributed by atoms with Gasteiger partial charge in [0.2, 0.25) is 0 Å². The Kier molecular flexibility index (Phi) is 4.20. The number of ether oxygens (including phenoxy) is 2. The summed E-state index contributed by atoms with van der Waals surface area (Å²) in [7, 11) is 0. The highest BCUT2D eigenvalue weighted by Gasteiger charge is 2.48. The molecule has 19 heavy (non-hydrogen) atoms. The molecule has 3 fully saturated rings. The molecular formula is C15H25NO3. The van der Waals surface area contributed by atoms with Crippen LogP contribution >= 0.6 is 0 Å². The van der Waals surface area contributed by atoms with E-state index in [0.717, 1.165) is 65.2 Å². The molecule has 2 aliphatic heterocycles. The molecule has 0 spiro atoms. The fourth-order valence-corrected chi connectivity index (χ4v) is 4.01. The summed E-state index contributed by atoms with van der Waals surface area (Å²) in [4.78, 5) is 15.5. The van der Waals surface area contributed by atoms with Gasteiger partial charge in [0.15, 0.2) is 5.78 Å². The van der Waals surface area contributed by atoms with Crippen molar-refractivity contribution in [3.63, 3.8) is 0 Å². The first-order chi connectivity index (χ1) is 9.33. The Morgan fingerprint density at radius 1 is 0.947 bits per heavy atom. The second-order valence-electron chi connectivity index (χ2n) is 6.09. The lowest BCUT2D eigenvalue weighted by Gasteiger charge is -2.44. The van der Waals surface area contributed by atoms with Gasteiger partial charge in [0.25, 0.3) is 0 Å². The molecule has 0 aromatic carbocycles. The number of nitrogens with zero attached hydrogens (tertiary/aromatic N) is 1. The van der Waals surface area contributed by atoms with Crippen molar-refractivity contribution in [2.45, 2.75) is 44.1 Å². The van der Waals surface area contributed by atoms with Crippen molar-refractivity contribution in [1.82, 2.24) is 4.90 Å². The third-order valence-electron chi connectivity index (χ3n) is 5.10. The lowest BCUT2D eigenvalue weighted by atomic mass is 9.79. The maximum Gasteiger partial charge on any atom is 0.156 e. The van der Waals surface area contributed by atoms with Crippen LogP contribution in [0.2, 0.25) is 0 Å². The van der Waals surface area contributed by atoms with Crippen LogP contribution in [0.1, 0.15) is 38.5 Å². The van der Waals surface area contributed by atoms with E-state index in [1.54, 1.807) is 0 Å². The molecule has 0 amide bonds. The van der Waals surface area contributed by atoms with Crippen molar-refractivity contribution >= 4 is 5.78 Å². The van der Waals surface area contributed by atoms with Crippen molar-refractivity contribution in [1.29, 1.82) is 0 Å². The van der Waals surface area contributed by atoms with Crippen LogP contribution in [0.4, 0.5) is 0 Å². The molecule has 0 bridgehead atoms. The average Bonchev–Trinajstić information content (AvgIpc) is 2.99. The molecule has 1 saturated carbocycles. The van der Waals surface area contributed by atoms with Gasteiger partial charge in [-0.05, 0) is 25.7 Å². The molecule has 1 aliphatic carbocycles. The van der Waals surface area contributed by atoms with E-state index in [4.69, 9.17) is 9.47 Å². The molecule has 3 rings (SSSR count). The van der Waals surface area contributed by atoms with Crippen molar-refractivity contribution in [3.05, 3.63) is 0 Å². The van der Waals surface area contributed by atoms with Crippen molar-refractivity contribution in [2.24, 2.45) is 5.92 Å². The van der Waals surface area contributed by atoms with Gasteiger partial charge in [-0.25, -0.2) is 0 Å². The molecule has 2 saturated heterocycles. The van der Waals surface area contributed by atoms with Gasteiger partial charge in [0, 0.05) is 32.2 Å². The summed E-state index contributed by atoms with van der Waals surface area (Å²) in [5.41, 5.74) is -0.161. The third kappa shape index (κ3) is 2.58. The highest BCUT2D eigenvalue weighted by molar-refractivity contribution is 5.91. The van der Waals surface area contributed by atoms with Gasteiger partial charge < -0.3 is 9.47 Å². The number of hydrogen-bond donors (Lipinski definition) is 0. The number of hydrogen-bond acceptors (Lipinski definition) is 4. The first-order valence-corrected chi connectivity index (χ1v) is 7.78. The van der Waals surface area contributed by atoms with Gasteiger partial charge in [-0.1, -0.05) is 12.8 Å².